The Balaban J connectivity index is 2.12. The van der Waals surface area contributed by atoms with Crippen LogP contribution >= 0.6 is 0 Å². The Hall–Kier alpha value is -2.37. The van der Waals surface area contributed by atoms with E-state index in [-0.39, 0.29) is 6.54 Å². The van der Waals surface area contributed by atoms with Gasteiger partial charge in [-0.2, -0.15) is 0 Å². The van der Waals surface area contributed by atoms with E-state index in [4.69, 9.17) is 5.73 Å². The van der Waals surface area contributed by atoms with Crippen molar-refractivity contribution in [3.8, 4) is 0 Å². The van der Waals surface area contributed by atoms with Crippen molar-refractivity contribution in [2.75, 3.05) is 6.54 Å². The number of imide groups is 1. The van der Waals surface area contributed by atoms with E-state index in [0.29, 0.717) is 6.54 Å². The molecule has 19 heavy (non-hydrogen) atoms. The minimum Gasteiger partial charge on any atom is -0.368 e. The van der Waals surface area contributed by atoms with Crippen LogP contribution in [0.5, 0.6) is 0 Å². The maximum atomic E-state index is 12.1. The van der Waals surface area contributed by atoms with Crippen molar-refractivity contribution in [1.82, 2.24) is 9.80 Å². The van der Waals surface area contributed by atoms with Gasteiger partial charge >= 0.3 is 6.03 Å². The molecule has 0 unspecified atom stereocenters. The zero-order valence-corrected chi connectivity index (χ0v) is 10.6. The van der Waals surface area contributed by atoms with Gasteiger partial charge in [0.05, 0.1) is 0 Å². The zero-order chi connectivity index (χ0) is 14.0. The summed E-state index contributed by atoms with van der Waals surface area (Å²) in [4.78, 5) is 37.3. The van der Waals surface area contributed by atoms with Gasteiger partial charge in [-0.15, -0.1) is 0 Å². The lowest BCUT2D eigenvalue weighted by Gasteiger charge is -2.20. The molecule has 1 heterocycles. The molecule has 0 aromatic heterocycles. The van der Waals surface area contributed by atoms with Crippen LogP contribution in [0.25, 0.3) is 0 Å². The van der Waals surface area contributed by atoms with E-state index in [0.717, 1.165) is 10.5 Å². The van der Waals surface area contributed by atoms with Crippen molar-refractivity contribution in [3.05, 3.63) is 35.9 Å². The molecular formula is C13H15N3O3. The summed E-state index contributed by atoms with van der Waals surface area (Å²) in [6, 6.07) is 7.96. The third kappa shape index (κ3) is 2.57. The smallest absolute Gasteiger partial charge is 0.328 e. The van der Waals surface area contributed by atoms with Crippen LogP contribution in [-0.2, 0) is 16.1 Å². The molecule has 1 atom stereocenters. The summed E-state index contributed by atoms with van der Waals surface area (Å²) in [5, 5.41) is 0. The van der Waals surface area contributed by atoms with Crippen LogP contribution in [0, 0.1) is 0 Å². The second-order valence-electron chi connectivity index (χ2n) is 4.47. The van der Waals surface area contributed by atoms with Crippen molar-refractivity contribution >= 4 is 17.8 Å². The lowest BCUT2D eigenvalue weighted by atomic mass is 10.2. The predicted octanol–water partition coefficient (Wildman–Crippen LogP) is 0.325. The predicted molar refractivity (Wildman–Crippen MR) is 67.8 cm³/mol. The number of nitrogens with zero attached hydrogens (tertiary/aromatic N) is 2. The van der Waals surface area contributed by atoms with Crippen LogP contribution in [0.4, 0.5) is 4.79 Å². The Morgan fingerprint density at radius 1 is 1.32 bits per heavy atom. The minimum atomic E-state index is -0.916. The minimum absolute atomic E-state index is 0.0225. The topological polar surface area (TPSA) is 83.7 Å². The van der Waals surface area contributed by atoms with E-state index in [9.17, 15) is 14.4 Å². The molecule has 0 bridgehead atoms. The number of carbonyl (C=O) groups excluding carboxylic acids is 3. The van der Waals surface area contributed by atoms with Crippen molar-refractivity contribution in [2.45, 2.75) is 19.5 Å². The lowest BCUT2D eigenvalue weighted by Crippen LogP contribution is -2.46. The maximum Gasteiger partial charge on any atom is 0.328 e. The first-order valence-corrected chi connectivity index (χ1v) is 5.95. The molecule has 0 spiro atoms. The molecule has 0 saturated carbocycles. The van der Waals surface area contributed by atoms with Crippen LogP contribution in [0.15, 0.2) is 30.3 Å². The van der Waals surface area contributed by atoms with Gasteiger partial charge in [-0.1, -0.05) is 30.3 Å². The van der Waals surface area contributed by atoms with Gasteiger partial charge in [-0.3, -0.25) is 14.5 Å². The average Bonchev–Trinajstić information content (AvgIpc) is 2.65. The number of rotatable bonds is 4. The van der Waals surface area contributed by atoms with Gasteiger partial charge in [0, 0.05) is 6.54 Å². The Morgan fingerprint density at radius 2 is 1.95 bits per heavy atom. The van der Waals surface area contributed by atoms with Crippen molar-refractivity contribution in [3.63, 3.8) is 0 Å². The molecule has 6 nitrogen and oxygen atoms in total. The first-order valence-electron chi connectivity index (χ1n) is 5.95. The number of primary amides is 1. The number of urea groups is 1. The maximum absolute atomic E-state index is 12.1. The zero-order valence-electron chi connectivity index (χ0n) is 10.6. The summed E-state index contributed by atoms with van der Waals surface area (Å²) in [6.07, 6.45) is 0. The molecule has 1 aliphatic heterocycles. The summed E-state index contributed by atoms with van der Waals surface area (Å²) in [6.45, 7) is 1.77. The molecule has 6 heteroatoms. The van der Waals surface area contributed by atoms with Crippen LogP contribution in [0.3, 0.4) is 0 Å². The van der Waals surface area contributed by atoms with Crippen molar-refractivity contribution in [1.29, 1.82) is 0 Å². The second kappa shape index (κ2) is 5.09. The van der Waals surface area contributed by atoms with Gasteiger partial charge in [-0.05, 0) is 12.5 Å². The van der Waals surface area contributed by atoms with E-state index >= 15 is 0 Å². The Bertz CT molecular complexity index is 515. The number of benzene rings is 1. The standard InChI is InChI=1S/C13H15N3O3/c1-9(12(14)18)16-11(17)8-15(13(16)19)7-10-5-3-2-4-6-10/h2-6,9H,7-8H2,1H3,(H2,14,18)/t9-/m0/s1. The van der Waals surface area contributed by atoms with Crippen LogP contribution in [0.1, 0.15) is 12.5 Å². The molecular weight excluding hydrogens is 246 g/mol. The molecule has 4 amide bonds. The fourth-order valence-electron chi connectivity index (χ4n) is 2.00. The molecule has 1 saturated heterocycles. The Kier molecular flexibility index (Phi) is 3.50. The highest BCUT2D eigenvalue weighted by molar-refractivity contribution is 6.05. The van der Waals surface area contributed by atoms with Crippen LogP contribution in [0.2, 0.25) is 0 Å². The molecule has 100 valence electrons. The lowest BCUT2D eigenvalue weighted by molar-refractivity contribution is -0.132. The first kappa shape index (κ1) is 13.1. The van der Waals surface area contributed by atoms with E-state index in [1.807, 2.05) is 30.3 Å². The molecule has 0 radical (unpaired) electrons. The SMILES string of the molecule is C[C@@H](C(N)=O)N1C(=O)CN(Cc2ccccc2)C1=O. The van der Waals surface area contributed by atoms with E-state index in [1.165, 1.54) is 11.8 Å². The van der Waals surface area contributed by atoms with Gasteiger partial charge in [0.25, 0.3) is 5.91 Å². The number of amides is 4. The molecule has 1 aromatic carbocycles. The molecule has 1 aliphatic rings. The summed E-state index contributed by atoms with van der Waals surface area (Å²) < 4.78 is 0. The summed E-state index contributed by atoms with van der Waals surface area (Å²) >= 11 is 0. The number of hydrogen-bond donors (Lipinski definition) is 1. The summed E-state index contributed by atoms with van der Waals surface area (Å²) in [5.74, 6) is -1.09. The van der Waals surface area contributed by atoms with E-state index in [2.05, 4.69) is 0 Å². The van der Waals surface area contributed by atoms with Gasteiger partial charge < -0.3 is 10.6 Å². The molecule has 1 aromatic rings. The quantitative estimate of drug-likeness (QED) is 0.792. The largest absolute Gasteiger partial charge is 0.368 e. The van der Waals surface area contributed by atoms with Gasteiger partial charge in [0.1, 0.15) is 12.6 Å². The fourth-order valence-corrected chi connectivity index (χ4v) is 2.00. The number of hydrogen-bond acceptors (Lipinski definition) is 3. The molecule has 2 rings (SSSR count). The van der Waals surface area contributed by atoms with Crippen LogP contribution < -0.4 is 5.73 Å². The first-order chi connectivity index (χ1) is 9.00. The fraction of sp³-hybridized carbons (Fsp3) is 0.308. The van der Waals surface area contributed by atoms with E-state index in [1.54, 1.807) is 0 Å². The molecule has 0 aliphatic carbocycles. The highest BCUT2D eigenvalue weighted by Crippen LogP contribution is 2.16. The highest BCUT2D eigenvalue weighted by atomic mass is 16.2. The highest BCUT2D eigenvalue weighted by Gasteiger charge is 2.40. The average molecular weight is 261 g/mol. The van der Waals surface area contributed by atoms with Crippen molar-refractivity contribution in [2.24, 2.45) is 5.73 Å². The normalized spacial score (nSPS) is 16.9. The van der Waals surface area contributed by atoms with E-state index < -0.39 is 23.9 Å². The Labute approximate surface area is 110 Å². The number of carbonyl (C=O) groups is 3. The second-order valence-corrected chi connectivity index (χ2v) is 4.47. The van der Waals surface area contributed by atoms with Gasteiger partial charge in [0.15, 0.2) is 0 Å². The summed E-state index contributed by atoms with van der Waals surface area (Å²) in [7, 11) is 0. The van der Waals surface area contributed by atoms with Gasteiger partial charge in [0.2, 0.25) is 5.91 Å². The summed E-state index contributed by atoms with van der Waals surface area (Å²) in [5.41, 5.74) is 6.06. The third-order valence-electron chi connectivity index (χ3n) is 3.09. The molecule has 1 fully saturated rings. The van der Waals surface area contributed by atoms with Gasteiger partial charge in [-0.25, -0.2) is 4.79 Å². The third-order valence-corrected chi connectivity index (χ3v) is 3.09. The van der Waals surface area contributed by atoms with Crippen LogP contribution in [-0.4, -0.2) is 40.2 Å². The number of nitrogens with two attached hydrogens (primary N) is 1. The Morgan fingerprint density at radius 3 is 2.53 bits per heavy atom. The monoisotopic (exact) mass is 261 g/mol. The molecule has 2 N–H and O–H groups in total. The van der Waals surface area contributed by atoms with Crippen molar-refractivity contribution < 1.29 is 14.4 Å².